The number of benzene rings is 2. The number of esters is 2. The molecule has 0 spiro atoms. The molecule has 18 heteroatoms. The van der Waals surface area contributed by atoms with Crippen LogP contribution >= 0.6 is 23.2 Å². The average Bonchev–Trinajstić information content (AvgIpc) is 3.07. The highest BCUT2D eigenvalue weighted by molar-refractivity contribution is 6.37. The number of carbonyl (C=O) groups excluding carboxylic acids is 4. The Kier molecular flexibility index (Phi) is 15.4. The van der Waals surface area contributed by atoms with Crippen LogP contribution in [0.4, 0.5) is 44.1 Å². The molecule has 0 radical (unpaired) electrons. The summed E-state index contributed by atoms with van der Waals surface area (Å²) in [6.07, 6.45) is 1.45. The summed E-state index contributed by atoms with van der Waals surface area (Å²) in [5.74, 6) is -0.741. The van der Waals surface area contributed by atoms with Crippen molar-refractivity contribution in [1.82, 2.24) is 19.9 Å². The Morgan fingerprint density at radius 1 is 0.600 bits per heavy atom. The van der Waals surface area contributed by atoms with E-state index < -0.39 is 24.1 Å². The number of carbonyl (C=O) groups is 4. The number of halogens is 2. The molecule has 0 aliphatic rings. The summed E-state index contributed by atoms with van der Waals surface area (Å²) >= 11 is 11.2. The van der Waals surface area contributed by atoms with Gasteiger partial charge in [-0.3, -0.25) is 10.6 Å². The number of anilines is 6. The van der Waals surface area contributed by atoms with Gasteiger partial charge in [0.05, 0.1) is 26.4 Å². The molecule has 0 fully saturated rings. The van der Waals surface area contributed by atoms with Crippen molar-refractivity contribution in [2.45, 2.75) is 27.7 Å². The van der Waals surface area contributed by atoms with E-state index in [1.165, 1.54) is 12.5 Å². The molecule has 264 valence electrons. The minimum Gasteiger partial charge on any atom is -0.462 e. The standard InChI is InChI=1S/C25H28N6O6.C7H6Cl2N2O2/c1-4-35-22(32)20-15-26-23(28-17-9-13-19(14-10-17)30-25(34)37-6-3)31-21(20)27-16-7-11-18(12-8-16)29-24(33)36-5-2;1-2-13-7(12)4-5(8)10-3-11-6(4)9/h7-15H,4-6H2,1-3H3,(H,29,33)(H,30,34)(H2,26,27,28,31);3H,2H2,1H3. The third-order valence-corrected chi connectivity index (χ3v) is 6.42. The molecular weight excluding hydrogens is 695 g/mol. The Labute approximate surface area is 297 Å². The van der Waals surface area contributed by atoms with Crippen LogP contribution in [0, 0.1) is 0 Å². The fourth-order valence-corrected chi connectivity index (χ4v) is 4.19. The molecule has 0 unspecified atom stereocenters. The molecular formula is C32H34Cl2N8O8. The average molecular weight is 730 g/mol. The Bertz CT molecular complexity index is 1740. The normalized spacial score (nSPS) is 10.0. The summed E-state index contributed by atoms with van der Waals surface area (Å²) in [6.45, 7) is 7.81. The van der Waals surface area contributed by atoms with Crippen LogP contribution in [0.3, 0.4) is 0 Å². The van der Waals surface area contributed by atoms with Crippen LogP contribution in [-0.2, 0) is 18.9 Å². The quantitative estimate of drug-likeness (QED) is 0.0645. The summed E-state index contributed by atoms with van der Waals surface area (Å²) in [6, 6.07) is 13.6. The number of rotatable bonds is 12. The van der Waals surface area contributed by atoms with Crippen molar-refractivity contribution in [3.05, 3.63) is 82.5 Å². The van der Waals surface area contributed by atoms with Crippen LogP contribution < -0.4 is 21.3 Å². The number of hydrogen-bond acceptors (Lipinski definition) is 14. The van der Waals surface area contributed by atoms with Crippen molar-refractivity contribution in [2.24, 2.45) is 0 Å². The van der Waals surface area contributed by atoms with Crippen LogP contribution in [0.2, 0.25) is 10.3 Å². The highest BCUT2D eigenvalue weighted by atomic mass is 35.5. The summed E-state index contributed by atoms with van der Waals surface area (Å²) in [5.41, 5.74) is 2.52. The minimum absolute atomic E-state index is 0.00144. The summed E-state index contributed by atoms with van der Waals surface area (Å²) < 4.78 is 19.6. The second-order valence-electron chi connectivity index (χ2n) is 9.32. The molecule has 0 saturated carbocycles. The van der Waals surface area contributed by atoms with Crippen LogP contribution in [0.5, 0.6) is 0 Å². The van der Waals surface area contributed by atoms with Crippen LogP contribution in [0.25, 0.3) is 0 Å². The SMILES string of the molecule is CCOC(=O)Nc1ccc(Nc2ncc(C(=O)OCC)c(Nc3ccc(NC(=O)OCC)cc3)n2)cc1.CCOC(=O)c1c(Cl)ncnc1Cl. The van der Waals surface area contributed by atoms with Gasteiger partial charge in [0.25, 0.3) is 0 Å². The van der Waals surface area contributed by atoms with E-state index in [2.05, 4.69) is 41.2 Å². The lowest BCUT2D eigenvalue weighted by atomic mass is 10.2. The Balaban J connectivity index is 0.000000436. The molecule has 50 heavy (non-hydrogen) atoms. The molecule has 2 aromatic heterocycles. The molecule has 0 aliphatic heterocycles. The lowest BCUT2D eigenvalue weighted by Crippen LogP contribution is -2.13. The predicted octanol–water partition coefficient (Wildman–Crippen LogP) is 7.24. The van der Waals surface area contributed by atoms with E-state index in [1.54, 1.807) is 76.2 Å². The zero-order valence-corrected chi connectivity index (χ0v) is 28.9. The summed E-state index contributed by atoms with van der Waals surface area (Å²) in [5, 5.41) is 11.4. The zero-order valence-electron chi connectivity index (χ0n) is 27.4. The third kappa shape index (κ3) is 12.1. The van der Waals surface area contributed by atoms with E-state index in [0.717, 1.165) is 0 Å². The lowest BCUT2D eigenvalue weighted by molar-refractivity contribution is 0.0516. The first-order chi connectivity index (χ1) is 24.1. The first-order valence-electron chi connectivity index (χ1n) is 15.1. The van der Waals surface area contributed by atoms with E-state index in [-0.39, 0.29) is 59.6 Å². The van der Waals surface area contributed by atoms with E-state index in [4.69, 9.17) is 42.1 Å². The van der Waals surface area contributed by atoms with E-state index in [1.807, 2.05) is 0 Å². The highest BCUT2D eigenvalue weighted by Gasteiger charge is 2.18. The largest absolute Gasteiger partial charge is 0.462 e. The number of aromatic nitrogens is 4. The van der Waals surface area contributed by atoms with Gasteiger partial charge in [-0.2, -0.15) is 4.98 Å². The molecule has 0 atom stereocenters. The molecule has 4 N–H and O–H groups in total. The van der Waals surface area contributed by atoms with Gasteiger partial charge in [0.2, 0.25) is 5.95 Å². The minimum atomic E-state index is -0.613. The fraction of sp³-hybridized carbons (Fsp3) is 0.250. The number of amides is 2. The van der Waals surface area contributed by atoms with Crippen LogP contribution in [0.1, 0.15) is 48.4 Å². The Morgan fingerprint density at radius 2 is 1.04 bits per heavy atom. The third-order valence-electron chi connectivity index (χ3n) is 5.85. The Hall–Kier alpha value is -5.74. The van der Waals surface area contributed by atoms with Crippen molar-refractivity contribution >= 4 is 81.8 Å². The number of hydrogen-bond donors (Lipinski definition) is 4. The zero-order chi connectivity index (χ0) is 36.5. The summed E-state index contributed by atoms with van der Waals surface area (Å²) in [7, 11) is 0. The van der Waals surface area contributed by atoms with Crippen molar-refractivity contribution in [2.75, 3.05) is 47.7 Å². The molecule has 0 bridgehead atoms. The van der Waals surface area contributed by atoms with Crippen molar-refractivity contribution in [3.63, 3.8) is 0 Å². The monoisotopic (exact) mass is 728 g/mol. The molecule has 16 nitrogen and oxygen atoms in total. The van der Waals surface area contributed by atoms with Gasteiger partial charge in [0.1, 0.15) is 27.8 Å². The number of ether oxygens (including phenoxy) is 4. The second kappa shape index (κ2) is 19.9. The Morgan fingerprint density at radius 3 is 1.52 bits per heavy atom. The molecule has 2 heterocycles. The molecule has 2 amide bonds. The molecule has 0 saturated heterocycles. The molecule has 2 aromatic carbocycles. The molecule has 0 aliphatic carbocycles. The van der Waals surface area contributed by atoms with E-state index in [0.29, 0.717) is 22.7 Å². The second-order valence-corrected chi connectivity index (χ2v) is 10.0. The van der Waals surface area contributed by atoms with Gasteiger partial charge in [-0.1, -0.05) is 23.2 Å². The molecule has 4 aromatic rings. The first kappa shape index (κ1) is 38.7. The van der Waals surface area contributed by atoms with Gasteiger partial charge in [0.15, 0.2) is 5.82 Å². The van der Waals surface area contributed by atoms with Gasteiger partial charge in [-0.25, -0.2) is 34.1 Å². The van der Waals surface area contributed by atoms with Gasteiger partial charge < -0.3 is 29.6 Å². The van der Waals surface area contributed by atoms with Gasteiger partial charge in [-0.15, -0.1) is 0 Å². The van der Waals surface area contributed by atoms with Crippen LogP contribution in [-0.4, -0.2) is 70.5 Å². The van der Waals surface area contributed by atoms with Gasteiger partial charge >= 0.3 is 24.1 Å². The topological polar surface area (TPSA) is 205 Å². The van der Waals surface area contributed by atoms with Gasteiger partial charge in [0, 0.05) is 28.9 Å². The number of nitrogens with zero attached hydrogens (tertiary/aromatic N) is 4. The molecule has 4 rings (SSSR count). The number of nitrogens with one attached hydrogen (secondary N) is 4. The lowest BCUT2D eigenvalue weighted by Gasteiger charge is -2.13. The smallest absolute Gasteiger partial charge is 0.411 e. The van der Waals surface area contributed by atoms with Crippen molar-refractivity contribution < 1.29 is 38.1 Å². The van der Waals surface area contributed by atoms with Crippen molar-refractivity contribution in [3.8, 4) is 0 Å². The van der Waals surface area contributed by atoms with E-state index in [9.17, 15) is 19.2 Å². The fourth-order valence-electron chi connectivity index (χ4n) is 3.72. The van der Waals surface area contributed by atoms with Crippen LogP contribution in [0.15, 0.2) is 61.1 Å². The first-order valence-corrected chi connectivity index (χ1v) is 15.8. The highest BCUT2D eigenvalue weighted by Crippen LogP contribution is 2.24. The summed E-state index contributed by atoms with van der Waals surface area (Å²) in [4.78, 5) is 62.7. The van der Waals surface area contributed by atoms with E-state index >= 15 is 0 Å². The maximum atomic E-state index is 12.5. The maximum Gasteiger partial charge on any atom is 0.411 e. The van der Waals surface area contributed by atoms with Gasteiger partial charge in [-0.05, 0) is 76.2 Å². The van der Waals surface area contributed by atoms with Crippen molar-refractivity contribution in [1.29, 1.82) is 0 Å². The predicted molar refractivity (Wildman–Crippen MR) is 187 cm³/mol. The maximum absolute atomic E-state index is 12.5.